The standard InChI is InChI=1S/C17H15NO/c1-3-17(19)18-16-12-8-7-11-15(16)13(2)14-9-5-4-6-10-14/h3-12H,1-2H2,(H,18,19). The Morgan fingerprint density at radius 1 is 1.00 bits per heavy atom. The predicted octanol–water partition coefficient (Wildman–Crippen LogP) is 3.87. The second-order valence-electron chi connectivity index (χ2n) is 4.08. The lowest BCUT2D eigenvalue weighted by Gasteiger charge is -2.12. The first kappa shape index (κ1) is 12.8. The molecule has 0 aromatic heterocycles. The van der Waals surface area contributed by atoms with E-state index >= 15 is 0 Å². The molecule has 0 saturated carbocycles. The van der Waals surface area contributed by atoms with Crippen LogP contribution in [0, 0.1) is 0 Å². The summed E-state index contributed by atoms with van der Waals surface area (Å²) in [6.45, 7) is 7.57. The first-order chi connectivity index (χ1) is 9.22. The van der Waals surface area contributed by atoms with Crippen LogP contribution in [0.15, 0.2) is 73.8 Å². The summed E-state index contributed by atoms with van der Waals surface area (Å²) in [6.07, 6.45) is 1.25. The molecule has 0 aliphatic carbocycles. The number of nitrogens with one attached hydrogen (secondary N) is 1. The van der Waals surface area contributed by atoms with Crippen molar-refractivity contribution in [3.63, 3.8) is 0 Å². The molecule has 2 rings (SSSR count). The summed E-state index contributed by atoms with van der Waals surface area (Å²) in [4.78, 5) is 11.4. The van der Waals surface area contributed by atoms with Gasteiger partial charge in [-0.2, -0.15) is 0 Å². The fourth-order valence-electron chi connectivity index (χ4n) is 1.83. The molecule has 0 spiro atoms. The van der Waals surface area contributed by atoms with E-state index in [2.05, 4.69) is 18.5 Å². The zero-order valence-electron chi connectivity index (χ0n) is 10.6. The van der Waals surface area contributed by atoms with Gasteiger partial charge in [-0.1, -0.05) is 61.7 Å². The van der Waals surface area contributed by atoms with E-state index in [0.29, 0.717) is 0 Å². The molecule has 2 nitrogen and oxygen atoms in total. The minimum absolute atomic E-state index is 0.228. The van der Waals surface area contributed by atoms with Gasteiger partial charge in [-0.3, -0.25) is 4.79 Å². The fourth-order valence-corrected chi connectivity index (χ4v) is 1.83. The van der Waals surface area contributed by atoms with Crippen molar-refractivity contribution >= 4 is 17.2 Å². The monoisotopic (exact) mass is 249 g/mol. The van der Waals surface area contributed by atoms with Gasteiger partial charge in [-0.05, 0) is 23.3 Å². The van der Waals surface area contributed by atoms with E-state index in [1.54, 1.807) is 0 Å². The van der Waals surface area contributed by atoms with Gasteiger partial charge in [0, 0.05) is 11.3 Å². The normalized spacial score (nSPS) is 9.68. The van der Waals surface area contributed by atoms with Crippen LogP contribution in [0.1, 0.15) is 11.1 Å². The number of carbonyl (C=O) groups is 1. The SMILES string of the molecule is C=CC(=O)Nc1ccccc1C(=C)c1ccccc1. The van der Waals surface area contributed by atoms with E-state index in [1.165, 1.54) is 6.08 Å². The van der Waals surface area contributed by atoms with Crippen molar-refractivity contribution in [3.8, 4) is 0 Å². The van der Waals surface area contributed by atoms with Gasteiger partial charge in [-0.25, -0.2) is 0 Å². The smallest absolute Gasteiger partial charge is 0.247 e. The molecule has 2 aromatic carbocycles. The van der Waals surface area contributed by atoms with E-state index in [-0.39, 0.29) is 5.91 Å². The summed E-state index contributed by atoms with van der Waals surface area (Å²) in [6, 6.07) is 17.5. The van der Waals surface area contributed by atoms with Gasteiger partial charge in [0.05, 0.1) is 0 Å². The minimum atomic E-state index is -0.228. The Morgan fingerprint density at radius 2 is 1.63 bits per heavy atom. The summed E-state index contributed by atoms with van der Waals surface area (Å²) >= 11 is 0. The lowest BCUT2D eigenvalue weighted by atomic mass is 9.98. The number of amides is 1. The van der Waals surface area contributed by atoms with Crippen molar-refractivity contribution in [1.29, 1.82) is 0 Å². The van der Waals surface area contributed by atoms with Crippen LogP contribution in [0.4, 0.5) is 5.69 Å². The summed E-state index contributed by atoms with van der Waals surface area (Å²) in [7, 11) is 0. The Balaban J connectivity index is 2.37. The van der Waals surface area contributed by atoms with Gasteiger partial charge in [0.2, 0.25) is 5.91 Å². The number of anilines is 1. The molecule has 0 atom stereocenters. The number of para-hydroxylation sites is 1. The number of carbonyl (C=O) groups excluding carboxylic acids is 1. The zero-order valence-corrected chi connectivity index (χ0v) is 10.6. The molecule has 0 saturated heterocycles. The largest absolute Gasteiger partial charge is 0.322 e. The van der Waals surface area contributed by atoms with Crippen LogP contribution >= 0.6 is 0 Å². The average molecular weight is 249 g/mol. The minimum Gasteiger partial charge on any atom is -0.322 e. The van der Waals surface area contributed by atoms with Crippen molar-refractivity contribution in [2.75, 3.05) is 5.32 Å². The topological polar surface area (TPSA) is 29.1 Å². The lowest BCUT2D eigenvalue weighted by Crippen LogP contribution is -2.09. The maximum atomic E-state index is 11.4. The molecule has 19 heavy (non-hydrogen) atoms. The highest BCUT2D eigenvalue weighted by Gasteiger charge is 2.08. The molecule has 2 heteroatoms. The van der Waals surface area contributed by atoms with Crippen LogP contribution in [0.2, 0.25) is 0 Å². The molecule has 94 valence electrons. The van der Waals surface area contributed by atoms with Gasteiger partial charge in [0.15, 0.2) is 0 Å². The van der Waals surface area contributed by atoms with Crippen LogP contribution in [0.5, 0.6) is 0 Å². The van der Waals surface area contributed by atoms with Crippen molar-refractivity contribution in [1.82, 2.24) is 0 Å². The Bertz CT molecular complexity index is 614. The number of rotatable bonds is 4. The number of benzene rings is 2. The Labute approximate surface area is 113 Å². The Kier molecular flexibility index (Phi) is 3.94. The van der Waals surface area contributed by atoms with E-state index in [1.807, 2.05) is 54.6 Å². The first-order valence-corrected chi connectivity index (χ1v) is 5.99. The molecule has 1 N–H and O–H groups in total. The molecule has 0 heterocycles. The molecular weight excluding hydrogens is 234 g/mol. The molecule has 0 fully saturated rings. The van der Waals surface area contributed by atoms with Gasteiger partial charge < -0.3 is 5.32 Å². The number of hydrogen-bond donors (Lipinski definition) is 1. The van der Waals surface area contributed by atoms with Crippen LogP contribution in [-0.4, -0.2) is 5.91 Å². The van der Waals surface area contributed by atoms with Crippen molar-refractivity contribution < 1.29 is 4.79 Å². The molecule has 0 bridgehead atoms. The highest BCUT2D eigenvalue weighted by molar-refractivity contribution is 6.01. The van der Waals surface area contributed by atoms with Gasteiger partial charge in [0.1, 0.15) is 0 Å². The number of hydrogen-bond acceptors (Lipinski definition) is 1. The molecule has 0 aliphatic rings. The van der Waals surface area contributed by atoms with Gasteiger partial charge >= 0.3 is 0 Å². The van der Waals surface area contributed by atoms with Crippen molar-refractivity contribution in [2.24, 2.45) is 0 Å². The maximum Gasteiger partial charge on any atom is 0.247 e. The van der Waals surface area contributed by atoms with Crippen LogP contribution in [0.3, 0.4) is 0 Å². The molecular formula is C17H15NO. The summed E-state index contributed by atoms with van der Waals surface area (Å²) in [5.74, 6) is -0.228. The third kappa shape index (κ3) is 2.99. The lowest BCUT2D eigenvalue weighted by molar-refractivity contribution is -0.111. The van der Waals surface area contributed by atoms with Crippen molar-refractivity contribution in [2.45, 2.75) is 0 Å². The summed E-state index contributed by atoms with van der Waals surface area (Å²) in [5.41, 5.74) is 3.55. The summed E-state index contributed by atoms with van der Waals surface area (Å²) < 4.78 is 0. The molecule has 0 unspecified atom stereocenters. The van der Waals surface area contributed by atoms with E-state index < -0.39 is 0 Å². The first-order valence-electron chi connectivity index (χ1n) is 5.99. The maximum absolute atomic E-state index is 11.4. The second-order valence-corrected chi connectivity index (χ2v) is 4.08. The highest BCUT2D eigenvalue weighted by Crippen LogP contribution is 2.27. The summed E-state index contributed by atoms with van der Waals surface area (Å²) in [5, 5.41) is 2.79. The van der Waals surface area contributed by atoms with Gasteiger partial charge in [-0.15, -0.1) is 0 Å². The molecule has 0 aliphatic heterocycles. The average Bonchev–Trinajstić information content (AvgIpc) is 2.48. The fraction of sp³-hybridized carbons (Fsp3) is 0. The second kappa shape index (κ2) is 5.83. The van der Waals surface area contributed by atoms with Crippen LogP contribution < -0.4 is 5.32 Å². The third-order valence-electron chi connectivity index (χ3n) is 2.82. The zero-order chi connectivity index (χ0) is 13.7. The van der Waals surface area contributed by atoms with Crippen molar-refractivity contribution in [3.05, 3.63) is 85.0 Å². The van der Waals surface area contributed by atoms with E-state index in [4.69, 9.17) is 0 Å². The Morgan fingerprint density at radius 3 is 2.32 bits per heavy atom. The van der Waals surface area contributed by atoms with Crippen LogP contribution in [0.25, 0.3) is 5.57 Å². The Hall–Kier alpha value is -2.61. The predicted molar refractivity (Wildman–Crippen MR) is 79.8 cm³/mol. The van der Waals surface area contributed by atoms with Crippen LogP contribution in [-0.2, 0) is 4.79 Å². The van der Waals surface area contributed by atoms with Gasteiger partial charge in [0.25, 0.3) is 0 Å². The molecule has 2 aromatic rings. The quantitative estimate of drug-likeness (QED) is 0.819. The highest BCUT2D eigenvalue weighted by atomic mass is 16.1. The third-order valence-corrected chi connectivity index (χ3v) is 2.82. The van der Waals surface area contributed by atoms with E-state index in [9.17, 15) is 4.79 Å². The molecule has 0 radical (unpaired) electrons. The van der Waals surface area contributed by atoms with E-state index in [0.717, 1.165) is 22.4 Å². The molecule has 1 amide bonds.